The summed E-state index contributed by atoms with van der Waals surface area (Å²) in [6, 6.07) is -0.560. The molecule has 288 valence electrons. The van der Waals surface area contributed by atoms with Gasteiger partial charge in [0.15, 0.2) is 0 Å². The summed E-state index contributed by atoms with van der Waals surface area (Å²) in [5, 5.41) is 23.0. The van der Waals surface area contributed by atoms with Crippen molar-refractivity contribution in [2.24, 2.45) is 0 Å². The molecule has 2 unspecified atom stereocenters. The molecule has 0 aliphatic heterocycles. The molecule has 0 aliphatic rings. The number of esters is 1. The van der Waals surface area contributed by atoms with Crippen molar-refractivity contribution in [3.63, 3.8) is 0 Å². The first-order chi connectivity index (χ1) is 24.0. The van der Waals surface area contributed by atoms with Crippen LogP contribution in [0.15, 0.2) is 24.3 Å². The van der Waals surface area contributed by atoms with Gasteiger partial charge in [-0.3, -0.25) is 9.59 Å². The number of nitrogens with one attached hydrogen (secondary N) is 1. The molecule has 1 amide bonds. The summed E-state index contributed by atoms with van der Waals surface area (Å²) in [6.07, 6.45) is 42.7. The Balaban J connectivity index is 3.55. The van der Waals surface area contributed by atoms with Crippen molar-refractivity contribution in [3.8, 4) is 0 Å². The van der Waals surface area contributed by atoms with Crippen molar-refractivity contribution < 1.29 is 24.5 Å². The maximum Gasteiger partial charge on any atom is 0.305 e. The van der Waals surface area contributed by atoms with Gasteiger partial charge in [-0.05, 0) is 70.6 Å². The van der Waals surface area contributed by atoms with Gasteiger partial charge in [0, 0.05) is 12.8 Å². The van der Waals surface area contributed by atoms with E-state index in [0.717, 1.165) is 83.5 Å². The van der Waals surface area contributed by atoms with Crippen LogP contribution in [0.3, 0.4) is 0 Å². The van der Waals surface area contributed by atoms with Gasteiger partial charge in [-0.15, -0.1) is 0 Å². The number of amides is 1. The number of aliphatic hydroxyl groups is 2. The van der Waals surface area contributed by atoms with Crippen LogP contribution in [0.1, 0.15) is 213 Å². The molecule has 0 radical (unpaired) electrons. The number of hydrogen-bond donors (Lipinski definition) is 3. The minimum Gasteiger partial charge on any atom is -0.466 e. The van der Waals surface area contributed by atoms with Crippen molar-refractivity contribution in [1.29, 1.82) is 0 Å². The average molecular weight is 692 g/mol. The number of carbonyl (C=O) groups is 2. The zero-order chi connectivity index (χ0) is 35.9. The number of unbranched alkanes of at least 4 members (excludes halogenated alkanes) is 23. The van der Waals surface area contributed by atoms with E-state index in [-0.39, 0.29) is 18.5 Å². The van der Waals surface area contributed by atoms with Crippen molar-refractivity contribution in [2.45, 2.75) is 225 Å². The topological polar surface area (TPSA) is 95.9 Å². The average Bonchev–Trinajstić information content (AvgIpc) is 3.10. The third-order valence-electron chi connectivity index (χ3n) is 9.47. The fraction of sp³-hybridized carbons (Fsp3) is 0.860. The van der Waals surface area contributed by atoms with Crippen molar-refractivity contribution in [3.05, 3.63) is 24.3 Å². The highest BCUT2D eigenvalue weighted by atomic mass is 16.5. The second-order valence-corrected chi connectivity index (χ2v) is 14.3. The van der Waals surface area contributed by atoms with Crippen LogP contribution < -0.4 is 5.32 Å². The third-order valence-corrected chi connectivity index (χ3v) is 9.47. The van der Waals surface area contributed by atoms with E-state index in [4.69, 9.17) is 4.74 Å². The highest BCUT2D eigenvalue weighted by Crippen LogP contribution is 2.14. The third kappa shape index (κ3) is 36.0. The molecule has 0 saturated carbocycles. The van der Waals surface area contributed by atoms with Crippen LogP contribution in [0, 0.1) is 0 Å². The van der Waals surface area contributed by atoms with E-state index < -0.39 is 12.1 Å². The summed E-state index contributed by atoms with van der Waals surface area (Å²) in [6.45, 7) is 4.80. The summed E-state index contributed by atoms with van der Waals surface area (Å²) in [4.78, 5) is 24.3. The highest BCUT2D eigenvalue weighted by Gasteiger charge is 2.20. The number of hydrogen-bond acceptors (Lipinski definition) is 5. The van der Waals surface area contributed by atoms with E-state index in [1.807, 2.05) is 0 Å². The Morgan fingerprint density at radius 1 is 0.551 bits per heavy atom. The van der Waals surface area contributed by atoms with E-state index >= 15 is 0 Å². The Morgan fingerprint density at radius 2 is 0.980 bits per heavy atom. The number of carbonyl (C=O) groups excluding carboxylic acids is 2. The number of aliphatic hydroxyl groups excluding tert-OH is 2. The molecule has 6 nitrogen and oxygen atoms in total. The van der Waals surface area contributed by atoms with E-state index in [1.165, 1.54) is 96.3 Å². The Hall–Kier alpha value is -1.66. The molecule has 0 spiro atoms. The zero-order valence-electron chi connectivity index (χ0n) is 32.4. The van der Waals surface area contributed by atoms with E-state index in [1.54, 1.807) is 0 Å². The van der Waals surface area contributed by atoms with Crippen LogP contribution in [0.25, 0.3) is 0 Å². The molecule has 0 aliphatic carbocycles. The normalized spacial score (nSPS) is 13.0. The highest BCUT2D eigenvalue weighted by molar-refractivity contribution is 5.76. The molecule has 3 N–H and O–H groups in total. The molecule has 49 heavy (non-hydrogen) atoms. The minimum absolute atomic E-state index is 0.0435. The Morgan fingerprint density at radius 3 is 1.51 bits per heavy atom. The van der Waals surface area contributed by atoms with Crippen molar-refractivity contribution in [1.82, 2.24) is 5.32 Å². The maximum atomic E-state index is 12.3. The van der Waals surface area contributed by atoms with Gasteiger partial charge < -0.3 is 20.3 Å². The minimum atomic E-state index is -0.680. The van der Waals surface area contributed by atoms with Crippen LogP contribution in [0.5, 0.6) is 0 Å². The van der Waals surface area contributed by atoms with E-state index in [0.29, 0.717) is 25.9 Å². The molecule has 2 atom stereocenters. The van der Waals surface area contributed by atoms with Gasteiger partial charge in [0.1, 0.15) is 0 Å². The zero-order valence-corrected chi connectivity index (χ0v) is 32.4. The Labute approximate surface area is 303 Å². The standard InChI is InChI=1S/C43H81NO5/c1-3-5-7-9-11-13-16-21-25-29-33-37-43(48)49-38-34-30-26-22-18-15-17-20-24-28-32-36-42(47)44-40(39-45)41(46)35-31-27-23-19-14-12-10-8-6-4-2/h9,11,18,22,40-41,45-46H,3-8,10,12-17,19-21,23-39H2,1-2H3,(H,44,47)/b11-9-,22-18-. The predicted octanol–water partition coefficient (Wildman–Crippen LogP) is 11.6. The van der Waals surface area contributed by atoms with Gasteiger partial charge in [-0.25, -0.2) is 0 Å². The lowest BCUT2D eigenvalue weighted by atomic mass is 10.0. The molecule has 0 rings (SSSR count). The quantitative estimate of drug-likeness (QED) is 0.0340. The monoisotopic (exact) mass is 692 g/mol. The van der Waals surface area contributed by atoms with Crippen LogP contribution in [-0.4, -0.2) is 47.4 Å². The lowest BCUT2D eigenvalue weighted by molar-refractivity contribution is -0.143. The number of rotatable bonds is 38. The van der Waals surface area contributed by atoms with Crippen molar-refractivity contribution >= 4 is 11.9 Å². The fourth-order valence-corrected chi connectivity index (χ4v) is 6.14. The first kappa shape index (κ1) is 47.3. The molecule has 0 aromatic heterocycles. The summed E-state index contributed by atoms with van der Waals surface area (Å²) in [5.41, 5.74) is 0. The van der Waals surface area contributed by atoms with Gasteiger partial charge >= 0.3 is 5.97 Å². The Bertz CT molecular complexity index is 767. The SMILES string of the molecule is CCCC/C=C\CCCCCCCC(=O)OCCCC/C=C\CCCCCCCC(=O)NC(CO)C(O)CCCCCCCCCCCC. The summed E-state index contributed by atoms with van der Waals surface area (Å²) >= 11 is 0. The lowest BCUT2D eigenvalue weighted by Gasteiger charge is -2.22. The molecule has 6 heteroatoms. The molecule has 0 saturated heterocycles. The van der Waals surface area contributed by atoms with Crippen LogP contribution in [0.4, 0.5) is 0 Å². The van der Waals surface area contributed by atoms with Gasteiger partial charge in [0.2, 0.25) is 5.91 Å². The second-order valence-electron chi connectivity index (χ2n) is 14.3. The van der Waals surface area contributed by atoms with E-state index in [9.17, 15) is 19.8 Å². The summed E-state index contributed by atoms with van der Waals surface area (Å²) < 4.78 is 5.39. The van der Waals surface area contributed by atoms with Gasteiger partial charge in [-0.1, -0.05) is 154 Å². The van der Waals surface area contributed by atoms with Gasteiger partial charge in [0.25, 0.3) is 0 Å². The molecule has 0 aromatic rings. The number of allylic oxidation sites excluding steroid dienone is 4. The van der Waals surface area contributed by atoms with Crippen LogP contribution >= 0.6 is 0 Å². The van der Waals surface area contributed by atoms with Gasteiger partial charge in [0.05, 0.1) is 25.4 Å². The molecule has 0 heterocycles. The lowest BCUT2D eigenvalue weighted by Crippen LogP contribution is -2.45. The summed E-state index contributed by atoms with van der Waals surface area (Å²) in [5.74, 6) is -0.112. The number of ether oxygens (including phenoxy) is 1. The predicted molar refractivity (Wildman–Crippen MR) is 209 cm³/mol. The molecule has 0 bridgehead atoms. The fourth-order valence-electron chi connectivity index (χ4n) is 6.14. The van der Waals surface area contributed by atoms with Gasteiger partial charge in [-0.2, -0.15) is 0 Å². The first-order valence-corrected chi connectivity index (χ1v) is 21.1. The molecule has 0 fully saturated rings. The molecule has 0 aromatic carbocycles. The Kier molecular flexibility index (Phi) is 37.8. The second kappa shape index (κ2) is 39.1. The largest absolute Gasteiger partial charge is 0.466 e. The van der Waals surface area contributed by atoms with Crippen LogP contribution in [0.2, 0.25) is 0 Å². The van der Waals surface area contributed by atoms with Crippen LogP contribution in [-0.2, 0) is 14.3 Å². The summed E-state index contributed by atoms with van der Waals surface area (Å²) in [7, 11) is 0. The molecular formula is C43H81NO5. The maximum absolute atomic E-state index is 12.3. The smallest absolute Gasteiger partial charge is 0.305 e. The van der Waals surface area contributed by atoms with E-state index in [2.05, 4.69) is 43.5 Å². The molecular weight excluding hydrogens is 610 g/mol. The van der Waals surface area contributed by atoms with Crippen molar-refractivity contribution in [2.75, 3.05) is 13.2 Å². The first-order valence-electron chi connectivity index (χ1n) is 21.1.